The van der Waals surface area contributed by atoms with Crippen molar-refractivity contribution in [1.82, 2.24) is 15.0 Å². The van der Waals surface area contributed by atoms with Gasteiger partial charge in [0, 0.05) is 51.3 Å². The molecule has 6 nitrogen and oxygen atoms in total. The number of nitrogens with zero attached hydrogens (tertiary/aromatic N) is 5. The van der Waals surface area contributed by atoms with Crippen molar-refractivity contribution in [3.63, 3.8) is 0 Å². The summed E-state index contributed by atoms with van der Waals surface area (Å²) in [5.74, 6) is 0.803. The fourth-order valence-corrected chi connectivity index (χ4v) is 2.48. The summed E-state index contributed by atoms with van der Waals surface area (Å²) >= 11 is 0. The first-order valence-corrected chi connectivity index (χ1v) is 6.79. The summed E-state index contributed by atoms with van der Waals surface area (Å²) in [5, 5.41) is 0. The molecule has 128 valence electrons. The molecule has 0 spiro atoms. The molecule has 0 aromatic carbocycles. The van der Waals surface area contributed by atoms with E-state index in [4.69, 9.17) is 5.73 Å². The Bertz CT molecular complexity index is 563. The van der Waals surface area contributed by atoms with Crippen molar-refractivity contribution in [1.29, 1.82) is 0 Å². The molecule has 9 heteroatoms. The molecular weight excluding hydrogens is 359 g/mol. The van der Waals surface area contributed by atoms with Gasteiger partial charge in [0.05, 0.1) is 11.4 Å². The fourth-order valence-electron chi connectivity index (χ4n) is 2.48. The van der Waals surface area contributed by atoms with Crippen molar-refractivity contribution < 1.29 is 0 Å². The number of hydrogen-bond donors (Lipinski definition) is 1. The third kappa shape index (κ3) is 5.07. The van der Waals surface area contributed by atoms with Gasteiger partial charge in [-0.25, -0.2) is 9.97 Å². The molecule has 0 radical (unpaired) electrons. The maximum absolute atomic E-state index is 5.76. The summed E-state index contributed by atoms with van der Waals surface area (Å²) in [7, 11) is 0. The van der Waals surface area contributed by atoms with Crippen LogP contribution in [-0.4, -0.2) is 41.1 Å². The smallest absolute Gasteiger partial charge is 0.225 e. The van der Waals surface area contributed by atoms with Gasteiger partial charge in [-0.3, -0.25) is 4.98 Å². The summed E-state index contributed by atoms with van der Waals surface area (Å²) < 4.78 is 0. The van der Waals surface area contributed by atoms with Crippen LogP contribution >= 0.6 is 37.2 Å². The zero-order chi connectivity index (χ0) is 13.8. The number of nitrogens with two attached hydrogens (primary N) is 1. The lowest BCUT2D eigenvalue weighted by Gasteiger charge is -2.36. The van der Waals surface area contributed by atoms with Crippen LogP contribution in [0.15, 0.2) is 36.8 Å². The van der Waals surface area contributed by atoms with E-state index in [-0.39, 0.29) is 37.2 Å². The minimum Gasteiger partial charge on any atom is -0.366 e. The minimum absolute atomic E-state index is 0. The van der Waals surface area contributed by atoms with Crippen LogP contribution in [0.3, 0.4) is 0 Å². The molecule has 0 aliphatic carbocycles. The molecule has 2 N–H and O–H groups in total. The van der Waals surface area contributed by atoms with Gasteiger partial charge >= 0.3 is 0 Å². The first-order valence-electron chi connectivity index (χ1n) is 6.79. The second-order valence-corrected chi connectivity index (χ2v) is 4.70. The Hall–Kier alpha value is -1.34. The Labute approximate surface area is 154 Å². The molecule has 0 amide bonds. The van der Waals surface area contributed by atoms with E-state index in [0.717, 1.165) is 43.5 Å². The maximum atomic E-state index is 5.76. The summed E-state index contributed by atoms with van der Waals surface area (Å²) in [6.45, 7) is 4.14. The number of pyridine rings is 1. The Balaban J connectivity index is 0.00000161. The zero-order valence-corrected chi connectivity index (χ0v) is 15.0. The molecule has 1 fully saturated rings. The Morgan fingerprint density at radius 2 is 1.39 bits per heavy atom. The molecule has 0 unspecified atom stereocenters. The number of rotatable bonds is 3. The molecule has 1 aliphatic heterocycles. The molecule has 3 heterocycles. The molecule has 23 heavy (non-hydrogen) atoms. The van der Waals surface area contributed by atoms with Gasteiger partial charge in [0.15, 0.2) is 0 Å². The fraction of sp³-hybridized carbons (Fsp3) is 0.357. The highest BCUT2D eigenvalue weighted by molar-refractivity contribution is 5.86. The van der Waals surface area contributed by atoms with Gasteiger partial charge < -0.3 is 15.5 Å². The molecule has 2 aromatic heterocycles. The molecule has 0 saturated carbocycles. The number of aromatic nitrogens is 3. The molecular formula is C14H21Cl3N6. The van der Waals surface area contributed by atoms with E-state index >= 15 is 0 Å². The van der Waals surface area contributed by atoms with E-state index in [1.807, 2.05) is 12.1 Å². The highest BCUT2D eigenvalue weighted by atomic mass is 35.5. The van der Waals surface area contributed by atoms with Crippen molar-refractivity contribution in [2.24, 2.45) is 5.73 Å². The van der Waals surface area contributed by atoms with Crippen LogP contribution in [0.4, 0.5) is 11.6 Å². The number of hydrogen-bond acceptors (Lipinski definition) is 6. The van der Waals surface area contributed by atoms with Crippen molar-refractivity contribution >= 4 is 48.9 Å². The van der Waals surface area contributed by atoms with Crippen molar-refractivity contribution in [2.45, 2.75) is 6.54 Å². The van der Waals surface area contributed by atoms with E-state index in [0.29, 0.717) is 6.54 Å². The van der Waals surface area contributed by atoms with Crippen LogP contribution in [0.25, 0.3) is 0 Å². The van der Waals surface area contributed by atoms with Crippen LogP contribution in [0.5, 0.6) is 0 Å². The van der Waals surface area contributed by atoms with Gasteiger partial charge in [0.1, 0.15) is 0 Å². The summed E-state index contributed by atoms with van der Waals surface area (Å²) in [6, 6.07) is 5.88. The summed E-state index contributed by atoms with van der Waals surface area (Å²) in [6.07, 6.45) is 5.35. The average molecular weight is 380 g/mol. The molecule has 0 atom stereocenters. The van der Waals surface area contributed by atoms with Crippen LogP contribution in [0.2, 0.25) is 0 Å². The number of halogens is 3. The predicted molar refractivity (Wildman–Crippen MR) is 100 cm³/mol. The van der Waals surface area contributed by atoms with Crippen molar-refractivity contribution in [3.05, 3.63) is 42.5 Å². The Kier molecular flexibility index (Phi) is 9.83. The van der Waals surface area contributed by atoms with Gasteiger partial charge in [-0.15, -0.1) is 37.2 Å². The number of anilines is 2. The molecule has 3 rings (SSSR count). The van der Waals surface area contributed by atoms with Crippen LogP contribution in [-0.2, 0) is 6.54 Å². The lowest BCUT2D eigenvalue weighted by molar-refractivity contribution is 0.636. The second-order valence-electron chi connectivity index (χ2n) is 4.70. The molecule has 2 aromatic rings. The monoisotopic (exact) mass is 378 g/mol. The normalized spacial score (nSPS) is 13.4. The van der Waals surface area contributed by atoms with Gasteiger partial charge in [-0.1, -0.05) is 0 Å². The average Bonchev–Trinajstić information content (AvgIpc) is 2.56. The van der Waals surface area contributed by atoms with Gasteiger partial charge in [-0.05, 0) is 18.2 Å². The Morgan fingerprint density at radius 3 is 2.00 bits per heavy atom. The lowest BCUT2D eigenvalue weighted by Crippen LogP contribution is -2.47. The van der Waals surface area contributed by atoms with E-state index in [1.54, 1.807) is 18.6 Å². The van der Waals surface area contributed by atoms with E-state index in [1.165, 1.54) is 0 Å². The SMILES string of the molecule is Cl.Cl.Cl.NCc1ncccc1N1CCN(c2ncccn2)CC1. The van der Waals surface area contributed by atoms with E-state index in [2.05, 4.69) is 30.8 Å². The van der Waals surface area contributed by atoms with E-state index < -0.39 is 0 Å². The molecule has 0 bridgehead atoms. The number of piperazine rings is 1. The van der Waals surface area contributed by atoms with Crippen molar-refractivity contribution in [2.75, 3.05) is 36.0 Å². The van der Waals surface area contributed by atoms with Gasteiger partial charge in [-0.2, -0.15) is 0 Å². The maximum Gasteiger partial charge on any atom is 0.225 e. The zero-order valence-electron chi connectivity index (χ0n) is 12.5. The van der Waals surface area contributed by atoms with E-state index in [9.17, 15) is 0 Å². The first kappa shape index (κ1) is 21.7. The molecule has 1 saturated heterocycles. The third-order valence-corrected chi connectivity index (χ3v) is 3.51. The van der Waals surface area contributed by atoms with Crippen LogP contribution in [0, 0.1) is 0 Å². The standard InChI is InChI=1S/C14H18N6.3ClH/c15-11-12-13(3-1-4-16-12)19-7-9-20(10-8-19)14-17-5-2-6-18-14;;;/h1-6H,7-11,15H2;3*1H. The Morgan fingerprint density at radius 1 is 0.826 bits per heavy atom. The second kappa shape index (κ2) is 10.4. The van der Waals surface area contributed by atoms with Crippen LogP contribution in [0.1, 0.15) is 5.69 Å². The summed E-state index contributed by atoms with van der Waals surface area (Å²) in [4.78, 5) is 17.5. The highest BCUT2D eigenvalue weighted by Crippen LogP contribution is 2.20. The largest absolute Gasteiger partial charge is 0.366 e. The first-order chi connectivity index (χ1) is 9.88. The lowest BCUT2D eigenvalue weighted by atomic mass is 10.2. The topological polar surface area (TPSA) is 71.2 Å². The van der Waals surface area contributed by atoms with Crippen molar-refractivity contribution in [3.8, 4) is 0 Å². The van der Waals surface area contributed by atoms with Gasteiger partial charge in [0.2, 0.25) is 5.95 Å². The quantitative estimate of drug-likeness (QED) is 0.878. The summed E-state index contributed by atoms with van der Waals surface area (Å²) in [5.41, 5.74) is 7.85. The van der Waals surface area contributed by atoms with Gasteiger partial charge in [0.25, 0.3) is 0 Å². The highest BCUT2D eigenvalue weighted by Gasteiger charge is 2.20. The molecule has 1 aliphatic rings. The minimum atomic E-state index is 0. The third-order valence-electron chi connectivity index (χ3n) is 3.51. The van der Waals surface area contributed by atoms with Crippen LogP contribution < -0.4 is 15.5 Å². The predicted octanol–water partition coefficient (Wildman–Crippen LogP) is 1.92.